The van der Waals surface area contributed by atoms with Crippen LogP contribution >= 0.6 is 0 Å². The Morgan fingerprint density at radius 3 is 2.32 bits per heavy atom. The number of halogens is 4. The van der Waals surface area contributed by atoms with Crippen molar-refractivity contribution in [2.24, 2.45) is 0 Å². The molecule has 1 aromatic rings. The highest BCUT2D eigenvalue weighted by Gasteiger charge is 2.55. The minimum absolute atomic E-state index is 0.0753. The molecular weight excluding hydrogens is 341 g/mol. The van der Waals surface area contributed by atoms with Crippen LogP contribution in [0.3, 0.4) is 0 Å². The minimum Gasteiger partial charge on any atom is -0.398 e. The number of alkyl halides is 3. The van der Waals surface area contributed by atoms with Gasteiger partial charge in [0.1, 0.15) is 5.73 Å². The molecule has 0 unspecified atom stereocenters. The van der Waals surface area contributed by atoms with Crippen molar-refractivity contribution in [3.05, 3.63) is 23.7 Å². The Kier molecular flexibility index (Phi) is 5.03. The van der Waals surface area contributed by atoms with Gasteiger partial charge in [-0.25, -0.2) is 4.39 Å². The molecule has 0 radical (unpaired) electrons. The molecule has 10 heteroatoms. The van der Waals surface area contributed by atoms with E-state index in [-0.39, 0.29) is 13.0 Å². The van der Waals surface area contributed by atoms with E-state index in [0.29, 0.717) is 0 Å². The number of hydrogen-bond donors (Lipinski definition) is 0. The van der Waals surface area contributed by atoms with E-state index in [2.05, 4.69) is 5.10 Å². The van der Waals surface area contributed by atoms with Crippen LogP contribution in [0, 0.1) is 11.3 Å². The Labute approximate surface area is 143 Å². The Morgan fingerprint density at radius 1 is 1.28 bits per heavy atom. The van der Waals surface area contributed by atoms with E-state index in [0.717, 1.165) is 17.1 Å². The first kappa shape index (κ1) is 19.5. The zero-order valence-electron chi connectivity index (χ0n) is 14.3. The first-order valence-corrected chi connectivity index (χ1v) is 7.61. The average molecular weight is 359 g/mol. The second kappa shape index (κ2) is 6.46. The summed E-state index contributed by atoms with van der Waals surface area (Å²) in [6.07, 6.45) is -2.93. The maximum Gasteiger partial charge on any atom is 0.525 e. The van der Waals surface area contributed by atoms with E-state index >= 15 is 0 Å². The number of allylic oxidation sites excluding steroid dienone is 1. The third kappa shape index (κ3) is 3.88. The van der Waals surface area contributed by atoms with Crippen LogP contribution in [0.5, 0.6) is 0 Å². The molecule has 1 aliphatic heterocycles. The van der Waals surface area contributed by atoms with Crippen LogP contribution in [0.15, 0.2) is 18.1 Å². The zero-order chi connectivity index (χ0) is 19.0. The fourth-order valence-electron chi connectivity index (χ4n) is 2.28. The number of hydrogen-bond acceptors (Lipinski definition) is 4. The summed E-state index contributed by atoms with van der Waals surface area (Å²) in [5.41, 5.74) is -5.43. The van der Waals surface area contributed by atoms with Crippen molar-refractivity contribution in [1.29, 1.82) is 5.26 Å². The normalized spacial score (nSPS) is 20.4. The molecule has 2 heterocycles. The van der Waals surface area contributed by atoms with E-state index < -0.39 is 41.4 Å². The van der Waals surface area contributed by atoms with Crippen molar-refractivity contribution in [2.75, 3.05) is 0 Å². The number of aryl methyl sites for hydroxylation is 1. The summed E-state index contributed by atoms with van der Waals surface area (Å²) in [5, 5.41) is 12.3. The summed E-state index contributed by atoms with van der Waals surface area (Å²) in [5.74, 6) is 0. The molecule has 136 valence electrons. The summed E-state index contributed by atoms with van der Waals surface area (Å²) in [7, 11) is -1.76. The highest BCUT2D eigenvalue weighted by Crippen LogP contribution is 2.43. The molecule has 1 aromatic heterocycles. The van der Waals surface area contributed by atoms with Crippen LogP contribution in [0.4, 0.5) is 17.6 Å². The summed E-state index contributed by atoms with van der Waals surface area (Å²) >= 11 is 0. The van der Waals surface area contributed by atoms with Crippen molar-refractivity contribution in [3.63, 3.8) is 0 Å². The molecule has 1 aliphatic rings. The molecule has 5 nitrogen and oxygen atoms in total. The highest BCUT2D eigenvalue weighted by molar-refractivity contribution is 6.55. The third-order valence-electron chi connectivity index (χ3n) is 4.36. The van der Waals surface area contributed by atoms with E-state index in [9.17, 15) is 17.6 Å². The lowest BCUT2D eigenvalue weighted by atomic mass is 9.83. The van der Waals surface area contributed by atoms with Gasteiger partial charge < -0.3 is 9.31 Å². The number of nitrogens with zero attached hydrogens (tertiary/aromatic N) is 3. The van der Waals surface area contributed by atoms with Crippen molar-refractivity contribution in [2.45, 2.75) is 58.0 Å². The van der Waals surface area contributed by atoms with Gasteiger partial charge in [0.15, 0.2) is 0 Å². The van der Waals surface area contributed by atoms with Crippen molar-refractivity contribution < 1.29 is 26.9 Å². The van der Waals surface area contributed by atoms with E-state index in [1.54, 1.807) is 27.7 Å². The van der Waals surface area contributed by atoms with Gasteiger partial charge in [-0.1, -0.05) is 0 Å². The van der Waals surface area contributed by atoms with Crippen LogP contribution in [-0.2, 0) is 15.9 Å². The summed E-state index contributed by atoms with van der Waals surface area (Å²) in [6, 6.07) is 1.86. The smallest absolute Gasteiger partial charge is 0.398 e. The maximum absolute atomic E-state index is 14.7. The van der Waals surface area contributed by atoms with Gasteiger partial charge >= 0.3 is 13.3 Å². The summed E-state index contributed by atoms with van der Waals surface area (Å²) < 4.78 is 67.0. The zero-order valence-corrected chi connectivity index (χ0v) is 14.3. The molecule has 0 amide bonds. The van der Waals surface area contributed by atoms with Gasteiger partial charge in [-0.15, -0.1) is 0 Å². The SMILES string of the molecule is CC1(C)OB(C(F)=C(c2cnn(CCC#N)c2)C(F)(F)F)OC1(C)C. The van der Waals surface area contributed by atoms with E-state index in [4.69, 9.17) is 14.6 Å². The molecule has 1 saturated heterocycles. The first-order valence-electron chi connectivity index (χ1n) is 7.61. The molecule has 0 N–H and O–H groups in total. The Hall–Kier alpha value is -1.86. The van der Waals surface area contributed by atoms with E-state index in [1.165, 1.54) is 0 Å². The van der Waals surface area contributed by atoms with Gasteiger partial charge in [-0.05, 0) is 27.7 Å². The van der Waals surface area contributed by atoms with Gasteiger partial charge in [-0.2, -0.15) is 23.5 Å². The molecule has 0 spiro atoms. The lowest BCUT2D eigenvalue weighted by molar-refractivity contribution is -0.0699. The Morgan fingerprint density at radius 2 is 1.84 bits per heavy atom. The molecule has 0 aromatic carbocycles. The van der Waals surface area contributed by atoms with Gasteiger partial charge in [0, 0.05) is 11.8 Å². The lowest BCUT2D eigenvalue weighted by Gasteiger charge is -2.32. The average Bonchev–Trinajstić information content (AvgIpc) is 2.98. The second-order valence-electron chi connectivity index (χ2n) is 6.71. The van der Waals surface area contributed by atoms with Crippen LogP contribution in [0.1, 0.15) is 39.7 Å². The van der Waals surface area contributed by atoms with Crippen LogP contribution in [0.25, 0.3) is 5.57 Å². The highest BCUT2D eigenvalue weighted by atomic mass is 19.4. The molecule has 0 bridgehead atoms. The van der Waals surface area contributed by atoms with Crippen LogP contribution in [-0.4, -0.2) is 34.3 Å². The third-order valence-corrected chi connectivity index (χ3v) is 4.36. The first-order chi connectivity index (χ1) is 11.4. The largest absolute Gasteiger partial charge is 0.525 e. The molecule has 0 atom stereocenters. The standard InChI is InChI=1S/C15H18BF4N3O2/c1-13(2)14(3,4)25-16(24-13)12(17)11(15(18,19)20)10-8-22-23(9-10)7-5-6-21/h8-9H,5,7H2,1-4H3. The molecule has 0 aliphatic carbocycles. The lowest BCUT2D eigenvalue weighted by Crippen LogP contribution is -2.41. The predicted octanol–water partition coefficient (Wildman–Crippen LogP) is 3.67. The fourth-order valence-corrected chi connectivity index (χ4v) is 2.28. The number of nitriles is 1. The molecule has 25 heavy (non-hydrogen) atoms. The molecule has 0 saturated carbocycles. The topological polar surface area (TPSA) is 60.1 Å². The second-order valence-corrected chi connectivity index (χ2v) is 6.71. The maximum atomic E-state index is 14.7. The number of aromatic nitrogens is 2. The van der Waals surface area contributed by atoms with Gasteiger partial charge in [0.05, 0.1) is 42.0 Å². The molecule has 2 rings (SSSR count). The molecule has 1 fully saturated rings. The predicted molar refractivity (Wildman–Crippen MR) is 82.6 cm³/mol. The Bertz CT molecular complexity index is 703. The minimum atomic E-state index is -4.96. The number of rotatable bonds is 4. The van der Waals surface area contributed by atoms with Crippen LogP contribution in [0.2, 0.25) is 0 Å². The van der Waals surface area contributed by atoms with Gasteiger partial charge in [0.2, 0.25) is 0 Å². The summed E-state index contributed by atoms with van der Waals surface area (Å²) in [4.78, 5) is 0. The van der Waals surface area contributed by atoms with Crippen molar-refractivity contribution in [3.8, 4) is 6.07 Å². The van der Waals surface area contributed by atoms with E-state index in [1.807, 2.05) is 6.07 Å². The fraction of sp³-hybridized carbons (Fsp3) is 0.600. The van der Waals surface area contributed by atoms with Crippen LogP contribution < -0.4 is 0 Å². The quantitative estimate of drug-likeness (QED) is 0.608. The monoisotopic (exact) mass is 359 g/mol. The Balaban J connectivity index is 2.42. The summed E-state index contributed by atoms with van der Waals surface area (Å²) in [6.45, 7) is 6.58. The van der Waals surface area contributed by atoms with Gasteiger partial charge in [0.25, 0.3) is 0 Å². The van der Waals surface area contributed by atoms with Crippen molar-refractivity contribution >= 4 is 12.7 Å². The van der Waals surface area contributed by atoms with Gasteiger partial charge in [-0.3, -0.25) is 4.68 Å². The van der Waals surface area contributed by atoms with Crippen molar-refractivity contribution in [1.82, 2.24) is 9.78 Å². The molecular formula is C15H18BF4N3O2.